The standard InChI is InChI=1S/C14H8I2N2/c15-11-4-1-9(2-5-11)13-6-3-10-7-12(16)8-17-14(10)18-13/h1-8H. The fourth-order valence-corrected chi connectivity index (χ4v) is 2.60. The molecule has 0 spiro atoms. The highest BCUT2D eigenvalue weighted by Gasteiger charge is 2.02. The number of hydrogen-bond donors (Lipinski definition) is 0. The van der Waals surface area contributed by atoms with Gasteiger partial charge in [0.05, 0.1) is 5.69 Å². The summed E-state index contributed by atoms with van der Waals surface area (Å²) in [5.41, 5.74) is 2.89. The van der Waals surface area contributed by atoms with Crippen molar-refractivity contribution in [3.63, 3.8) is 0 Å². The quantitative estimate of drug-likeness (QED) is 0.502. The van der Waals surface area contributed by atoms with Crippen LogP contribution in [0.15, 0.2) is 48.7 Å². The molecule has 2 nitrogen and oxygen atoms in total. The van der Waals surface area contributed by atoms with E-state index in [9.17, 15) is 0 Å². The minimum Gasteiger partial charge on any atom is -0.236 e. The van der Waals surface area contributed by atoms with Gasteiger partial charge >= 0.3 is 0 Å². The summed E-state index contributed by atoms with van der Waals surface area (Å²) in [7, 11) is 0. The van der Waals surface area contributed by atoms with E-state index in [1.165, 1.54) is 3.57 Å². The van der Waals surface area contributed by atoms with Crippen molar-refractivity contribution >= 4 is 56.2 Å². The summed E-state index contributed by atoms with van der Waals surface area (Å²) in [5.74, 6) is 0. The van der Waals surface area contributed by atoms with Crippen molar-refractivity contribution in [3.8, 4) is 11.3 Å². The lowest BCUT2D eigenvalue weighted by Crippen LogP contribution is -1.88. The summed E-state index contributed by atoms with van der Waals surface area (Å²) < 4.78 is 2.36. The molecular weight excluding hydrogens is 450 g/mol. The van der Waals surface area contributed by atoms with Crippen molar-refractivity contribution in [2.75, 3.05) is 0 Å². The number of halogens is 2. The van der Waals surface area contributed by atoms with Crippen LogP contribution in [0.25, 0.3) is 22.3 Å². The van der Waals surface area contributed by atoms with Gasteiger partial charge in [0.15, 0.2) is 5.65 Å². The summed E-state index contributed by atoms with van der Waals surface area (Å²) >= 11 is 4.56. The molecule has 88 valence electrons. The molecule has 0 saturated heterocycles. The van der Waals surface area contributed by atoms with E-state index in [2.05, 4.69) is 91.5 Å². The van der Waals surface area contributed by atoms with Crippen molar-refractivity contribution in [1.82, 2.24) is 9.97 Å². The van der Waals surface area contributed by atoms with E-state index in [4.69, 9.17) is 0 Å². The third kappa shape index (κ3) is 2.49. The predicted molar refractivity (Wildman–Crippen MR) is 90.4 cm³/mol. The number of hydrogen-bond acceptors (Lipinski definition) is 2. The minimum absolute atomic E-state index is 0.798. The number of pyridine rings is 2. The molecule has 1 aromatic carbocycles. The van der Waals surface area contributed by atoms with Crippen molar-refractivity contribution in [1.29, 1.82) is 0 Å². The van der Waals surface area contributed by atoms with Gasteiger partial charge in [0.1, 0.15) is 0 Å². The third-order valence-electron chi connectivity index (χ3n) is 2.65. The van der Waals surface area contributed by atoms with Crippen LogP contribution in [0.5, 0.6) is 0 Å². The zero-order valence-corrected chi connectivity index (χ0v) is 13.6. The molecule has 2 aromatic heterocycles. The molecule has 0 amide bonds. The molecule has 0 aliphatic carbocycles. The van der Waals surface area contributed by atoms with Crippen LogP contribution in [0.2, 0.25) is 0 Å². The summed E-state index contributed by atoms with van der Waals surface area (Å²) in [6.45, 7) is 0. The Labute approximate surface area is 132 Å². The van der Waals surface area contributed by atoms with E-state index in [0.717, 1.165) is 25.9 Å². The first-order valence-electron chi connectivity index (χ1n) is 5.41. The predicted octanol–water partition coefficient (Wildman–Crippen LogP) is 4.51. The number of rotatable bonds is 1. The van der Waals surface area contributed by atoms with Gasteiger partial charge in [-0.15, -0.1) is 0 Å². The average Bonchev–Trinajstić information content (AvgIpc) is 2.39. The van der Waals surface area contributed by atoms with E-state index >= 15 is 0 Å². The van der Waals surface area contributed by atoms with Crippen LogP contribution < -0.4 is 0 Å². The van der Waals surface area contributed by atoms with E-state index in [1.807, 2.05) is 12.3 Å². The van der Waals surface area contributed by atoms with Crippen LogP contribution in [-0.2, 0) is 0 Å². The molecule has 18 heavy (non-hydrogen) atoms. The first kappa shape index (κ1) is 12.3. The molecule has 0 N–H and O–H groups in total. The Balaban J connectivity index is 2.13. The van der Waals surface area contributed by atoms with Gasteiger partial charge in [0.2, 0.25) is 0 Å². The molecule has 0 atom stereocenters. The summed E-state index contributed by atoms with van der Waals surface area (Å²) in [4.78, 5) is 8.96. The lowest BCUT2D eigenvalue weighted by Gasteiger charge is -2.03. The van der Waals surface area contributed by atoms with Gasteiger partial charge in [-0.05, 0) is 75.5 Å². The van der Waals surface area contributed by atoms with E-state index in [1.54, 1.807) is 0 Å². The van der Waals surface area contributed by atoms with Crippen LogP contribution in [-0.4, -0.2) is 9.97 Å². The van der Waals surface area contributed by atoms with Gasteiger partial charge < -0.3 is 0 Å². The maximum atomic E-state index is 4.60. The molecule has 3 rings (SSSR count). The topological polar surface area (TPSA) is 25.8 Å². The Morgan fingerprint density at radius 1 is 0.833 bits per heavy atom. The number of fused-ring (bicyclic) bond motifs is 1. The normalized spacial score (nSPS) is 10.8. The Morgan fingerprint density at radius 2 is 1.61 bits per heavy atom. The Kier molecular flexibility index (Phi) is 3.47. The largest absolute Gasteiger partial charge is 0.236 e. The van der Waals surface area contributed by atoms with Crippen molar-refractivity contribution in [2.45, 2.75) is 0 Å². The molecule has 0 unspecified atom stereocenters. The monoisotopic (exact) mass is 458 g/mol. The number of aromatic nitrogens is 2. The highest BCUT2D eigenvalue weighted by Crippen LogP contribution is 2.21. The Morgan fingerprint density at radius 3 is 2.39 bits per heavy atom. The van der Waals surface area contributed by atoms with Crippen molar-refractivity contribution < 1.29 is 0 Å². The Hall–Kier alpha value is -0.760. The lowest BCUT2D eigenvalue weighted by molar-refractivity contribution is 1.28. The van der Waals surface area contributed by atoms with Gasteiger partial charge in [-0.1, -0.05) is 12.1 Å². The fourth-order valence-electron chi connectivity index (χ4n) is 1.77. The maximum absolute atomic E-state index is 4.60. The lowest BCUT2D eigenvalue weighted by atomic mass is 10.1. The zero-order chi connectivity index (χ0) is 12.5. The van der Waals surface area contributed by atoms with Gasteiger partial charge in [-0.3, -0.25) is 0 Å². The molecule has 3 aromatic rings. The van der Waals surface area contributed by atoms with Gasteiger partial charge in [-0.25, -0.2) is 9.97 Å². The maximum Gasteiger partial charge on any atom is 0.159 e. The molecule has 0 radical (unpaired) electrons. The van der Waals surface area contributed by atoms with E-state index in [0.29, 0.717) is 0 Å². The van der Waals surface area contributed by atoms with Gasteiger partial charge in [0, 0.05) is 24.3 Å². The molecule has 0 aliphatic heterocycles. The molecule has 0 aliphatic rings. The van der Waals surface area contributed by atoms with Crippen LogP contribution in [0.4, 0.5) is 0 Å². The summed E-state index contributed by atoms with van der Waals surface area (Å²) in [6.07, 6.45) is 1.84. The average molecular weight is 458 g/mol. The highest BCUT2D eigenvalue weighted by molar-refractivity contribution is 14.1. The second kappa shape index (κ2) is 5.08. The summed E-state index contributed by atoms with van der Waals surface area (Å²) in [5, 5.41) is 1.08. The molecule has 0 bridgehead atoms. The Bertz CT molecular complexity index is 709. The van der Waals surface area contributed by atoms with Crippen LogP contribution in [0.1, 0.15) is 0 Å². The smallest absolute Gasteiger partial charge is 0.159 e. The summed E-state index contributed by atoms with van der Waals surface area (Å²) in [6, 6.07) is 14.6. The molecular formula is C14H8I2N2. The fraction of sp³-hybridized carbons (Fsp3) is 0. The first-order chi connectivity index (χ1) is 8.72. The van der Waals surface area contributed by atoms with Gasteiger partial charge in [0.25, 0.3) is 0 Å². The molecule has 2 heterocycles. The third-order valence-corrected chi connectivity index (χ3v) is 3.96. The van der Waals surface area contributed by atoms with E-state index in [-0.39, 0.29) is 0 Å². The minimum atomic E-state index is 0.798. The first-order valence-corrected chi connectivity index (χ1v) is 7.56. The second-order valence-electron chi connectivity index (χ2n) is 3.90. The highest BCUT2D eigenvalue weighted by atomic mass is 127. The second-order valence-corrected chi connectivity index (χ2v) is 6.39. The van der Waals surface area contributed by atoms with Crippen LogP contribution >= 0.6 is 45.2 Å². The number of nitrogens with zero attached hydrogens (tertiary/aromatic N) is 2. The molecule has 4 heteroatoms. The zero-order valence-electron chi connectivity index (χ0n) is 9.27. The number of benzene rings is 1. The van der Waals surface area contributed by atoms with Crippen LogP contribution in [0, 0.1) is 7.14 Å². The molecule has 0 fully saturated rings. The van der Waals surface area contributed by atoms with Crippen molar-refractivity contribution in [2.24, 2.45) is 0 Å². The van der Waals surface area contributed by atoms with Crippen molar-refractivity contribution in [3.05, 3.63) is 55.8 Å². The SMILES string of the molecule is Ic1ccc(-c2ccc3cc(I)cnc3n2)cc1. The van der Waals surface area contributed by atoms with E-state index < -0.39 is 0 Å². The van der Waals surface area contributed by atoms with Crippen LogP contribution in [0.3, 0.4) is 0 Å². The molecule has 0 saturated carbocycles. The van der Waals surface area contributed by atoms with Gasteiger partial charge in [-0.2, -0.15) is 0 Å².